The van der Waals surface area contributed by atoms with Crippen LogP contribution >= 0.6 is 11.6 Å². The van der Waals surface area contributed by atoms with E-state index in [0.717, 1.165) is 28.7 Å². The SMILES string of the molecule is Cc1c(NC(=O)c2ccc(CNCCNC(=O)CCCNc3nc(N)n4nc(-c5ccco5)nc4n3)cn2)cccc1-c1cccc(NC(=O)c2ccc(CNC[C@@H]3CCC(=O)N3)cn2)c1Cl. The average molecular weight is 926 g/mol. The van der Waals surface area contributed by atoms with Gasteiger partial charge in [0, 0.05) is 81.8 Å². The van der Waals surface area contributed by atoms with E-state index in [1.54, 1.807) is 54.9 Å². The summed E-state index contributed by atoms with van der Waals surface area (Å²) in [5.41, 5.74) is 11.5. The van der Waals surface area contributed by atoms with Gasteiger partial charge in [0.2, 0.25) is 29.5 Å². The van der Waals surface area contributed by atoms with Crippen molar-refractivity contribution in [2.45, 2.75) is 51.7 Å². The highest BCUT2D eigenvalue weighted by atomic mass is 35.5. The number of hydrogen-bond acceptors (Lipinski definition) is 15. The number of nitrogen functional groups attached to an aromatic ring is 1. The molecule has 1 saturated heterocycles. The molecule has 5 aromatic heterocycles. The fraction of sp³-hybridized carbons (Fsp3) is 0.261. The second-order valence-electron chi connectivity index (χ2n) is 15.7. The van der Waals surface area contributed by atoms with Crippen LogP contribution in [-0.2, 0) is 22.7 Å². The van der Waals surface area contributed by atoms with Gasteiger partial charge in [-0.25, -0.2) is 0 Å². The standard InChI is InChI=1S/C46H48ClN15O5/c1-27-31(32-7-3-9-34(40(32)47)57-43(66)36-16-13-29(25-54-36)23-50-26-30-14-17-39(64)55-30)6-2-8-33(27)56-42(65)35-15-12-28(24-53-35)22-49-19-20-51-38(63)11-4-18-52-45-59-44(48)62-46(60-45)58-41(61-62)37-10-5-21-67-37/h2-3,5-10,12-13,15-16,21,24-25,30,49-50H,4,11,14,17-20,22-23,26H2,1H3,(H,51,63)(H,55,64)(H,56,65)(H,57,66)(H3,48,52,58,59,60,61)/t30-/m0/s1. The van der Waals surface area contributed by atoms with Crippen LogP contribution in [0.25, 0.3) is 28.5 Å². The molecule has 9 N–H and O–H groups in total. The first kappa shape index (κ1) is 45.7. The van der Waals surface area contributed by atoms with E-state index in [9.17, 15) is 19.2 Å². The van der Waals surface area contributed by atoms with Gasteiger partial charge >= 0.3 is 0 Å². The molecule has 0 radical (unpaired) electrons. The third-order valence-corrected chi connectivity index (χ3v) is 11.2. The summed E-state index contributed by atoms with van der Waals surface area (Å²) in [6.07, 6.45) is 7.01. The lowest BCUT2D eigenvalue weighted by atomic mass is 9.98. The molecule has 7 aromatic rings. The van der Waals surface area contributed by atoms with Crippen molar-refractivity contribution in [3.05, 3.63) is 125 Å². The minimum atomic E-state index is -0.412. The highest BCUT2D eigenvalue weighted by Crippen LogP contribution is 2.37. The van der Waals surface area contributed by atoms with Gasteiger partial charge in [-0.1, -0.05) is 48.0 Å². The third-order valence-electron chi connectivity index (χ3n) is 10.8. The van der Waals surface area contributed by atoms with E-state index in [1.807, 2.05) is 37.3 Å². The first-order valence-corrected chi connectivity index (χ1v) is 22.0. The molecule has 0 bridgehead atoms. The van der Waals surface area contributed by atoms with Crippen molar-refractivity contribution in [1.29, 1.82) is 0 Å². The van der Waals surface area contributed by atoms with Crippen LogP contribution in [0.2, 0.25) is 5.02 Å². The Balaban J connectivity index is 0.749. The molecule has 1 fully saturated rings. The quantitative estimate of drug-likeness (QED) is 0.0479. The molecule has 1 aliphatic rings. The molecule has 1 atom stereocenters. The van der Waals surface area contributed by atoms with Gasteiger partial charge in [0.05, 0.1) is 17.0 Å². The number of fused-ring (bicyclic) bond motifs is 1. The predicted octanol–water partition coefficient (Wildman–Crippen LogP) is 4.75. The summed E-state index contributed by atoms with van der Waals surface area (Å²) in [5.74, 6) is 0.684. The van der Waals surface area contributed by atoms with Crippen LogP contribution < -0.4 is 43.0 Å². The molecule has 0 spiro atoms. The van der Waals surface area contributed by atoms with E-state index < -0.39 is 5.91 Å². The number of rotatable bonds is 20. The van der Waals surface area contributed by atoms with E-state index in [1.165, 1.54) is 10.8 Å². The van der Waals surface area contributed by atoms with Crippen LogP contribution in [0.4, 0.5) is 23.3 Å². The summed E-state index contributed by atoms with van der Waals surface area (Å²) >= 11 is 6.89. The second-order valence-corrected chi connectivity index (χ2v) is 16.1. The number of halogens is 1. The summed E-state index contributed by atoms with van der Waals surface area (Å²) in [7, 11) is 0. The van der Waals surface area contributed by atoms with Crippen LogP contribution in [0.15, 0.2) is 95.9 Å². The lowest BCUT2D eigenvalue weighted by Crippen LogP contribution is -2.35. The number of amides is 4. The van der Waals surface area contributed by atoms with Crippen LogP contribution in [0.5, 0.6) is 0 Å². The number of pyridine rings is 2. The van der Waals surface area contributed by atoms with Gasteiger partial charge in [0.15, 0.2) is 5.76 Å². The van der Waals surface area contributed by atoms with Crippen molar-refractivity contribution in [2.24, 2.45) is 0 Å². The van der Waals surface area contributed by atoms with E-state index in [-0.39, 0.29) is 52.8 Å². The molecule has 0 unspecified atom stereocenters. The normalized spacial score (nSPS) is 13.3. The van der Waals surface area contributed by atoms with Crippen LogP contribution in [0.3, 0.4) is 0 Å². The van der Waals surface area contributed by atoms with Gasteiger partial charge in [-0.15, -0.1) is 5.10 Å². The maximum absolute atomic E-state index is 13.3. The highest BCUT2D eigenvalue weighted by molar-refractivity contribution is 6.36. The Kier molecular flexibility index (Phi) is 14.6. The zero-order valence-corrected chi connectivity index (χ0v) is 37.2. The number of anilines is 4. The van der Waals surface area contributed by atoms with Crippen molar-refractivity contribution in [1.82, 2.24) is 55.8 Å². The lowest BCUT2D eigenvalue weighted by Gasteiger charge is -2.16. The van der Waals surface area contributed by atoms with E-state index in [4.69, 9.17) is 21.8 Å². The van der Waals surface area contributed by atoms with Crippen molar-refractivity contribution in [3.8, 4) is 22.7 Å². The highest BCUT2D eigenvalue weighted by Gasteiger charge is 2.21. The molecule has 6 heterocycles. The Morgan fingerprint density at radius 3 is 2.24 bits per heavy atom. The Labute approximate surface area is 389 Å². The molecule has 344 valence electrons. The number of benzene rings is 2. The molecule has 1 aliphatic heterocycles. The number of aromatic nitrogens is 7. The number of nitrogens with one attached hydrogen (secondary N) is 7. The van der Waals surface area contributed by atoms with E-state index in [2.05, 4.69) is 67.2 Å². The smallest absolute Gasteiger partial charge is 0.274 e. The van der Waals surface area contributed by atoms with Gasteiger partial charge in [-0.05, 0) is 78.4 Å². The second kappa shape index (κ2) is 21.5. The zero-order valence-electron chi connectivity index (χ0n) is 36.4. The molecule has 21 heteroatoms. The summed E-state index contributed by atoms with van der Waals surface area (Å²) < 4.78 is 6.67. The molecule has 0 saturated carbocycles. The van der Waals surface area contributed by atoms with E-state index in [0.29, 0.717) is 92.1 Å². The Morgan fingerprint density at radius 2 is 1.55 bits per heavy atom. The molecular weight excluding hydrogens is 878 g/mol. The first-order valence-electron chi connectivity index (χ1n) is 21.6. The summed E-state index contributed by atoms with van der Waals surface area (Å²) in [6, 6.07) is 21.4. The van der Waals surface area contributed by atoms with Gasteiger partial charge in [-0.2, -0.15) is 19.5 Å². The summed E-state index contributed by atoms with van der Waals surface area (Å²) in [5, 5.41) is 25.9. The van der Waals surface area contributed by atoms with Crippen molar-refractivity contribution in [2.75, 3.05) is 47.9 Å². The Bertz CT molecular complexity index is 2870. The summed E-state index contributed by atoms with van der Waals surface area (Å²) in [4.78, 5) is 72.0. The van der Waals surface area contributed by atoms with Gasteiger partial charge in [0.1, 0.15) is 11.4 Å². The minimum Gasteiger partial charge on any atom is -0.461 e. The molecule has 20 nitrogen and oxygen atoms in total. The number of carbonyl (C=O) groups is 4. The third kappa shape index (κ3) is 11.7. The number of carbonyl (C=O) groups excluding carboxylic acids is 4. The maximum atomic E-state index is 13.3. The molecular formula is C46H48ClN15O5. The number of hydrogen-bond donors (Lipinski definition) is 8. The van der Waals surface area contributed by atoms with E-state index >= 15 is 0 Å². The topological polar surface area (TPSA) is 273 Å². The Hall–Kier alpha value is -7.81. The summed E-state index contributed by atoms with van der Waals surface area (Å²) in [6.45, 7) is 4.99. The predicted molar refractivity (Wildman–Crippen MR) is 252 cm³/mol. The van der Waals surface area contributed by atoms with Crippen molar-refractivity contribution in [3.63, 3.8) is 0 Å². The van der Waals surface area contributed by atoms with Crippen LogP contribution in [0.1, 0.15) is 63.4 Å². The van der Waals surface area contributed by atoms with Crippen LogP contribution in [0, 0.1) is 6.92 Å². The van der Waals surface area contributed by atoms with Gasteiger partial charge in [0.25, 0.3) is 17.6 Å². The monoisotopic (exact) mass is 925 g/mol. The molecule has 0 aliphatic carbocycles. The molecule has 4 amide bonds. The fourth-order valence-corrected chi connectivity index (χ4v) is 7.55. The minimum absolute atomic E-state index is 0.0769. The van der Waals surface area contributed by atoms with Crippen molar-refractivity contribution < 1.29 is 23.6 Å². The first-order chi connectivity index (χ1) is 32.6. The number of nitrogens with zero attached hydrogens (tertiary/aromatic N) is 7. The molecule has 2 aromatic carbocycles. The Morgan fingerprint density at radius 1 is 0.836 bits per heavy atom. The lowest BCUT2D eigenvalue weighted by molar-refractivity contribution is -0.121. The van der Waals surface area contributed by atoms with Gasteiger partial charge in [-0.3, -0.25) is 29.1 Å². The van der Waals surface area contributed by atoms with Gasteiger partial charge < -0.3 is 47.4 Å². The van der Waals surface area contributed by atoms with Crippen molar-refractivity contribution >= 4 is 64.3 Å². The number of furan rings is 1. The van der Waals surface area contributed by atoms with Crippen LogP contribution in [-0.4, -0.2) is 90.4 Å². The maximum Gasteiger partial charge on any atom is 0.274 e. The average Bonchev–Trinajstić information content (AvgIpc) is 4.12. The molecule has 67 heavy (non-hydrogen) atoms. The molecule has 8 rings (SSSR count). The largest absolute Gasteiger partial charge is 0.461 e. The fourth-order valence-electron chi connectivity index (χ4n) is 7.28. The zero-order chi connectivity index (χ0) is 46.7. The number of nitrogens with two attached hydrogens (primary N) is 1.